The van der Waals surface area contributed by atoms with Gasteiger partial charge in [0.25, 0.3) is 0 Å². The molecule has 0 aliphatic heterocycles. The van der Waals surface area contributed by atoms with Gasteiger partial charge in [-0.25, -0.2) is 0 Å². The van der Waals surface area contributed by atoms with Crippen LogP contribution in [0.1, 0.15) is 18.9 Å². The summed E-state index contributed by atoms with van der Waals surface area (Å²) in [5.41, 5.74) is 1.82. The fourth-order valence-corrected chi connectivity index (χ4v) is 2.03. The maximum atomic E-state index is 12.0. The Morgan fingerprint density at radius 3 is 2.68 bits per heavy atom. The Hall–Kier alpha value is -2.49. The number of carbonyl (C=O) groups is 1. The Labute approximate surface area is 131 Å². The molecular formula is C18H21NO3. The van der Waals surface area contributed by atoms with Crippen molar-refractivity contribution in [3.63, 3.8) is 0 Å². The van der Waals surface area contributed by atoms with Crippen molar-refractivity contribution in [1.29, 1.82) is 0 Å². The van der Waals surface area contributed by atoms with Crippen molar-refractivity contribution in [3.05, 3.63) is 54.1 Å². The van der Waals surface area contributed by atoms with Crippen molar-refractivity contribution in [2.24, 2.45) is 0 Å². The fraction of sp³-hybridized carbons (Fsp3) is 0.278. The quantitative estimate of drug-likeness (QED) is 0.846. The van der Waals surface area contributed by atoms with Crippen LogP contribution in [-0.4, -0.2) is 19.1 Å². The van der Waals surface area contributed by atoms with Crippen molar-refractivity contribution >= 4 is 11.6 Å². The third kappa shape index (κ3) is 4.81. The summed E-state index contributed by atoms with van der Waals surface area (Å²) in [6.07, 6.45) is 0.286. The summed E-state index contributed by atoms with van der Waals surface area (Å²) in [7, 11) is 0. The molecule has 1 N–H and O–H groups in total. The predicted molar refractivity (Wildman–Crippen MR) is 87.5 cm³/mol. The summed E-state index contributed by atoms with van der Waals surface area (Å²) < 4.78 is 11.1. The SMILES string of the molecule is CCOc1ccccc1NC(=O)CCOc1cccc(C)c1. The first-order valence-corrected chi connectivity index (χ1v) is 7.40. The molecule has 0 aliphatic rings. The second-order valence-electron chi connectivity index (χ2n) is 4.89. The highest BCUT2D eigenvalue weighted by atomic mass is 16.5. The molecule has 2 aromatic carbocycles. The van der Waals surface area contributed by atoms with Crippen molar-refractivity contribution in [2.75, 3.05) is 18.5 Å². The van der Waals surface area contributed by atoms with Crippen LogP contribution in [0.5, 0.6) is 11.5 Å². The predicted octanol–water partition coefficient (Wildman–Crippen LogP) is 3.80. The van der Waals surface area contributed by atoms with Crippen LogP contribution in [0.3, 0.4) is 0 Å². The fourth-order valence-electron chi connectivity index (χ4n) is 2.03. The van der Waals surface area contributed by atoms with Gasteiger partial charge in [0.1, 0.15) is 11.5 Å². The smallest absolute Gasteiger partial charge is 0.227 e. The molecule has 0 saturated heterocycles. The number of rotatable bonds is 7. The van der Waals surface area contributed by atoms with Gasteiger partial charge >= 0.3 is 0 Å². The Morgan fingerprint density at radius 1 is 1.09 bits per heavy atom. The van der Waals surface area contributed by atoms with Crippen LogP contribution in [0, 0.1) is 6.92 Å². The lowest BCUT2D eigenvalue weighted by Gasteiger charge is -2.11. The highest BCUT2D eigenvalue weighted by molar-refractivity contribution is 5.92. The molecule has 0 spiro atoms. The van der Waals surface area contributed by atoms with Crippen LogP contribution in [0.25, 0.3) is 0 Å². The maximum Gasteiger partial charge on any atom is 0.227 e. The van der Waals surface area contributed by atoms with Gasteiger partial charge in [0, 0.05) is 0 Å². The molecule has 0 heterocycles. The van der Waals surface area contributed by atoms with Gasteiger partial charge in [0.05, 0.1) is 25.3 Å². The normalized spacial score (nSPS) is 10.1. The molecule has 1 amide bonds. The van der Waals surface area contributed by atoms with Crippen LogP contribution in [-0.2, 0) is 4.79 Å². The lowest BCUT2D eigenvalue weighted by atomic mass is 10.2. The molecule has 116 valence electrons. The number of benzene rings is 2. The molecule has 0 aromatic heterocycles. The van der Waals surface area contributed by atoms with Gasteiger partial charge in [-0.1, -0.05) is 24.3 Å². The van der Waals surface area contributed by atoms with Crippen LogP contribution in [0.4, 0.5) is 5.69 Å². The average Bonchev–Trinajstić information content (AvgIpc) is 2.49. The monoisotopic (exact) mass is 299 g/mol. The zero-order valence-corrected chi connectivity index (χ0v) is 13.0. The van der Waals surface area contributed by atoms with E-state index in [0.29, 0.717) is 24.7 Å². The van der Waals surface area contributed by atoms with Crippen molar-refractivity contribution in [1.82, 2.24) is 0 Å². The second kappa shape index (κ2) is 8.08. The minimum Gasteiger partial charge on any atom is -0.493 e. The summed E-state index contributed by atoms with van der Waals surface area (Å²) in [5.74, 6) is 1.36. The molecular weight excluding hydrogens is 278 g/mol. The minimum absolute atomic E-state index is 0.0974. The van der Waals surface area contributed by atoms with Crippen LogP contribution in [0.15, 0.2) is 48.5 Å². The van der Waals surface area contributed by atoms with E-state index in [-0.39, 0.29) is 12.3 Å². The van der Waals surface area contributed by atoms with Gasteiger partial charge in [-0.15, -0.1) is 0 Å². The van der Waals surface area contributed by atoms with E-state index < -0.39 is 0 Å². The molecule has 0 bridgehead atoms. The number of hydrogen-bond donors (Lipinski definition) is 1. The highest BCUT2D eigenvalue weighted by Crippen LogP contribution is 2.23. The first kappa shape index (κ1) is 15.9. The molecule has 0 atom stereocenters. The summed E-state index contributed by atoms with van der Waals surface area (Å²) in [4.78, 5) is 12.0. The number of hydrogen-bond acceptors (Lipinski definition) is 3. The Bertz CT molecular complexity index is 625. The van der Waals surface area contributed by atoms with E-state index >= 15 is 0 Å². The number of nitrogens with one attached hydrogen (secondary N) is 1. The van der Waals surface area contributed by atoms with Gasteiger partial charge in [-0.3, -0.25) is 4.79 Å². The summed E-state index contributed by atoms with van der Waals surface area (Å²) >= 11 is 0. The standard InChI is InChI=1S/C18H21NO3/c1-3-21-17-10-5-4-9-16(17)19-18(20)11-12-22-15-8-6-7-14(2)13-15/h4-10,13H,3,11-12H2,1-2H3,(H,19,20). The highest BCUT2D eigenvalue weighted by Gasteiger charge is 2.07. The van der Waals surface area contributed by atoms with Crippen LogP contribution >= 0.6 is 0 Å². The summed E-state index contributed by atoms with van der Waals surface area (Å²) in [6.45, 7) is 4.81. The van der Waals surface area contributed by atoms with Crippen molar-refractivity contribution in [3.8, 4) is 11.5 Å². The molecule has 4 nitrogen and oxygen atoms in total. The van der Waals surface area contributed by atoms with Crippen LogP contribution in [0.2, 0.25) is 0 Å². The van der Waals surface area contributed by atoms with Gasteiger partial charge in [-0.05, 0) is 43.7 Å². The number of carbonyl (C=O) groups excluding carboxylic acids is 1. The molecule has 0 unspecified atom stereocenters. The van der Waals surface area contributed by atoms with Gasteiger partial charge < -0.3 is 14.8 Å². The molecule has 0 fully saturated rings. The van der Waals surface area contributed by atoms with E-state index in [2.05, 4.69) is 5.32 Å². The third-order valence-corrected chi connectivity index (χ3v) is 3.05. The topological polar surface area (TPSA) is 47.6 Å². The first-order chi connectivity index (χ1) is 10.7. The number of ether oxygens (including phenoxy) is 2. The first-order valence-electron chi connectivity index (χ1n) is 7.40. The molecule has 22 heavy (non-hydrogen) atoms. The van der Waals surface area contributed by atoms with E-state index in [0.717, 1.165) is 11.3 Å². The number of para-hydroxylation sites is 2. The second-order valence-corrected chi connectivity index (χ2v) is 4.89. The van der Waals surface area contributed by atoms with E-state index in [1.807, 2.05) is 62.4 Å². The van der Waals surface area contributed by atoms with Crippen molar-refractivity contribution in [2.45, 2.75) is 20.3 Å². The van der Waals surface area contributed by atoms with Gasteiger partial charge in [0.15, 0.2) is 0 Å². The number of aryl methyl sites for hydroxylation is 1. The lowest BCUT2D eigenvalue weighted by Crippen LogP contribution is -2.16. The molecule has 2 rings (SSSR count). The third-order valence-electron chi connectivity index (χ3n) is 3.05. The number of anilines is 1. The molecule has 0 aliphatic carbocycles. The Balaban J connectivity index is 1.83. The van der Waals surface area contributed by atoms with E-state index in [1.165, 1.54) is 0 Å². The van der Waals surface area contributed by atoms with E-state index in [9.17, 15) is 4.79 Å². The Kier molecular flexibility index (Phi) is 5.83. The van der Waals surface area contributed by atoms with Crippen LogP contribution < -0.4 is 14.8 Å². The van der Waals surface area contributed by atoms with Gasteiger partial charge in [0.2, 0.25) is 5.91 Å². The molecule has 0 saturated carbocycles. The summed E-state index contributed by atoms with van der Waals surface area (Å²) in [6, 6.07) is 15.2. The van der Waals surface area contributed by atoms with E-state index in [4.69, 9.17) is 9.47 Å². The lowest BCUT2D eigenvalue weighted by molar-refractivity contribution is -0.116. The zero-order valence-electron chi connectivity index (χ0n) is 13.0. The Morgan fingerprint density at radius 2 is 1.91 bits per heavy atom. The molecule has 4 heteroatoms. The van der Waals surface area contributed by atoms with Crippen molar-refractivity contribution < 1.29 is 14.3 Å². The largest absolute Gasteiger partial charge is 0.493 e. The van der Waals surface area contributed by atoms with Gasteiger partial charge in [-0.2, -0.15) is 0 Å². The average molecular weight is 299 g/mol. The molecule has 0 radical (unpaired) electrons. The zero-order chi connectivity index (χ0) is 15.8. The minimum atomic E-state index is -0.0974. The maximum absolute atomic E-state index is 12.0. The number of amides is 1. The van der Waals surface area contributed by atoms with E-state index in [1.54, 1.807) is 0 Å². The summed E-state index contributed by atoms with van der Waals surface area (Å²) in [5, 5.41) is 2.85. The molecule has 2 aromatic rings.